The van der Waals surface area contributed by atoms with E-state index in [0.717, 1.165) is 5.82 Å². The van der Waals surface area contributed by atoms with Crippen LogP contribution in [0.25, 0.3) is 0 Å². The number of tetrazole rings is 1. The van der Waals surface area contributed by atoms with Crippen molar-refractivity contribution in [3.63, 3.8) is 0 Å². The molecule has 1 atom stereocenters. The number of nitrogens with one attached hydrogen (secondary N) is 1. The number of rotatable bonds is 6. The van der Waals surface area contributed by atoms with E-state index in [9.17, 15) is 4.79 Å². The molecule has 8 heteroatoms. The van der Waals surface area contributed by atoms with Gasteiger partial charge >= 0.3 is 0 Å². The summed E-state index contributed by atoms with van der Waals surface area (Å²) in [5, 5.41) is 14.2. The summed E-state index contributed by atoms with van der Waals surface area (Å²) >= 11 is 0. The first-order valence-electron chi connectivity index (χ1n) is 6.98. The number of hydrogen-bond donors (Lipinski definition) is 1. The van der Waals surface area contributed by atoms with Gasteiger partial charge < -0.3 is 9.88 Å². The van der Waals surface area contributed by atoms with Gasteiger partial charge in [0, 0.05) is 25.9 Å². The Morgan fingerprint density at radius 1 is 1.43 bits per heavy atom. The van der Waals surface area contributed by atoms with Gasteiger partial charge in [-0.25, -0.2) is 9.67 Å². The summed E-state index contributed by atoms with van der Waals surface area (Å²) in [5.41, 5.74) is 0. The van der Waals surface area contributed by atoms with Crippen LogP contribution >= 0.6 is 0 Å². The lowest BCUT2D eigenvalue weighted by molar-refractivity contribution is -0.122. The fraction of sp³-hybridized carbons (Fsp3) is 0.615. The van der Waals surface area contributed by atoms with Crippen LogP contribution in [-0.2, 0) is 18.4 Å². The summed E-state index contributed by atoms with van der Waals surface area (Å²) in [6, 6.07) is -0.104. The molecule has 2 aromatic heterocycles. The predicted molar refractivity (Wildman–Crippen MR) is 76.1 cm³/mol. The lowest BCUT2D eigenvalue weighted by atomic mass is 10.0. The first-order chi connectivity index (χ1) is 9.99. The van der Waals surface area contributed by atoms with Gasteiger partial charge in [0.05, 0.1) is 12.6 Å². The van der Waals surface area contributed by atoms with Crippen molar-refractivity contribution in [2.75, 3.05) is 0 Å². The zero-order chi connectivity index (χ0) is 15.4. The fourth-order valence-electron chi connectivity index (χ4n) is 2.12. The Kier molecular flexibility index (Phi) is 4.66. The first kappa shape index (κ1) is 15.1. The molecule has 0 aliphatic carbocycles. The topological polar surface area (TPSA) is 90.5 Å². The van der Waals surface area contributed by atoms with E-state index >= 15 is 0 Å². The zero-order valence-electron chi connectivity index (χ0n) is 12.8. The molecule has 0 saturated heterocycles. The highest BCUT2D eigenvalue weighted by molar-refractivity contribution is 5.76. The number of aryl methyl sites for hydroxylation is 3. The summed E-state index contributed by atoms with van der Waals surface area (Å²) < 4.78 is 3.54. The number of nitrogens with zero attached hydrogens (tertiary/aromatic N) is 6. The van der Waals surface area contributed by atoms with Crippen LogP contribution < -0.4 is 5.32 Å². The van der Waals surface area contributed by atoms with Crippen LogP contribution in [0.3, 0.4) is 0 Å². The van der Waals surface area contributed by atoms with E-state index < -0.39 is 0 Å². The molecule has 0 spiro atoms. The Labute approximate surface area is 123 Å². The molecule has 0 aliphatic heterocycles. The highest BCUT2D eigenvalue weighted by Crippen LogP contribution is 2.19. The molecule has 1 amide bonds. The zero-order valence-corrected chi connectivity index (χ0v) is 12.8. The molecule has 2 heterocycles. The molecular formula is C13H21N7O. The third-order valence-corrected chi connectivity index (χ3v) is 3.38. The lowest BCUT2D eigenvalue weighted by Gasteiger charge is -2.22. The van der Waals surface area contributed by atoms with Gasteiger partial charge in [0.1, 0.15) is 11.6 Å². The van der Waals surface area contributed by atoms with Crippen molar-refractivity contribution in [2.45, 2.75) is 39.8 Å². The molecule has 0 saturated carbocycles. The summed E-state index contributed by atoms with van der Waals surface area (Å²) in [4.78, 5) is 16.5. The minimum atomic E-state index is -0.104. The monoisotopic (exact) mass is 291 g/mol. The van der Waals surface area contributed by atoms with Crippen LogP contribution in [0.2, 0.25) is 0 Å². The van der Waals surface area contributed by atoms with Crippen LogP contribution in [0.5, 0.6) is 0 Å². The highest BCUT2D eigenvalue weighted by Gasteiger charge is 2.21. The van der Waals surface area contributed by atoms with Gasteiger partial charge in [-0.05, 0) is 23.3 Å². The van der Waals surface area contributed by atoms with E-state index in [1.807, 2.05) is 24.7 Å². The number of imidazole rings is 1. The number of hydrogen-bond acceptors (Lipinski definition) is 5. The quantitative estimate of drug-likeness (QED) is 0.842. The summed E-state index contributed by atoms with van der Waals surface area (Å²) in [5.74, 6) is 1.78. The molecule has 0 bridgehead atoms. The molecule has 1 unspecified atom stereocenters. The van der Waals surface area contributed by atoms with Gasteiger partial charge in [0.25, 0.3) is 0 Å². The minimum absolute atomic E-state index is 0.0356. The van der Waals surface area contributed by atoms with Crippen molar-refractivity contribution in [3.8, 4) is 0 Å². The minimum Gasteiger partial charge on any atom is -0.346 e. The third-order valence-electron chi connectivity index (χ3n) is 3.38. The molecule has 0 aromatic carbocycles. The van der Waals surface area contributed by atoms with Crippen LogP contribution in [0, 0.1) is 12.8 Å². The second-order valence-electron chi connectivity index (χ2n) is 5.38. The van der Waals surface area contributed by atoms with Gasteiger partial charge in [0.2, 0.25) is 5.91 Å². The Morgan fingerprint density at radius 3 is 2.71 bits per heavy atom. The Hall–Kier alpha value is -2.25. The Bertz CT molecular complexity index is 601. The summed E-state index contributed by atoms with van der Waals surface area (Å²) in [6.45, 7) is 6.40. The maximum absolute atomic E-state index is 12.1. The molecule has 0 aliphatic rings. The van der Waals surface area contributed by atoms with Crippen molar-refractivity contribution < 1.29 is 4.79 Å². The van der Waals surface area contributed by atoms with Gasteiger partial charge in [-0.2, -0.15) is 0 Å². The maximum Gasteiger partial charge on any atom is 0.222 e. The third kappa shape index (κ3) is 3.65. The SMILES string of the molecule is Cc1nnnn1CCC(=O)NC(c1nccn1C)C(C)C. The van der Waals surface area contributed by atoms with E-state index in [4.69, 9.17) is 0 Å². The van der Waals surface area contributed by atoms with Gasteiger partial charge in [-0.1, -0.05) is 13.8 Å². The maximum atomic E-state index is 12.1. The van der Waals surface area contributed by atoms with Crippen molar-refractivity contribution in [2.24, 2.45) is 13.0 Å². The second kappa shape index (κ2) is 6.47. The van der Waals surface area contributed by atoms with E-state index in [1.54, 1.807) is 10.9 Å². The van der Waals surface area contributed by atoms with E-state index in [0.29, 0.717) is 18.8 Å². The van der Waals surface area contributed by atoms with Crippen LogP contribution in [0.1, 0.15) is 38.0 Å². The van der Waals surface area contributed by atoms with Crippen LogP contribution in [0.15, 0.2) is 12.4 Å². The largest absolute Gasteiger partial charge is 0.346 e. The fourth-order valence-corrected chi connectivity index (χ4v) is 2.12. The van der Waals surface area contributed by atoms with Crippen LogP contribution in [-0.4, -0.2) is 35.7 Å². The van der Waals surface area contributed by atoms with Gasteiger partial charge in [-0.3, -0.25) is 4.79 Å². The summed E-state index contributed by atoms with van der Waals surface area (Å²) in [6.07, 6.45) is 3.95. The molecule has 21 heavy (non-hydrogen) atoms. The standard InChI is InChI=1S/C13H21N7O/c1-9(2)12(13-14-6-8-19(13)4)15-11(21)5-7-20-10(3)16-17-18-20/h6,8-9,12H,5,7H2,1-4H3,(H,15,21). The highest BCUT2D eigenvalue weighted by atomic mass is 16.1. The number of carbonyl (C=O) groups is 1. The van der Waals surface area contributed by atoms with Crippen molar-refractivity contribution in [1.29, 1.82) is 0 Å². The molecule has 1 N–H and O–H groups in total. The van der Waals surface area contributed by atoms with Gasteiger partial charge in [0.15, 0.2) is 0 Å². The Balaban J connectivity index is 1.96. The van der Waals surface area contributed by atoms with Gasteiger partial charge in [-0.15, -0.1) is 5.10 Å². The molecule has 8 nitrogen and oxygen atoms in total. The molecule has 2 aromatic rings. The van der Waals surface area contributed by atoms with Crippen molar-refractivity contribution in [1.82, 2.24) is 35.1 Å². The second-order valence-corrected chi connectivity index (χ2v) is 5.38. The molecule has 2 rings (SSSR count). The number of carbonyl (C=O) groups excluding carboxylic acids is 1. The van der Waals surface area contributed by atoms with Crippen molar-refractivity contribution in [3.05, 3.63) is 24.0 Å². The summed E-state index contributed by atoms with van der Waals surface area (Å²) in [7, 11) is 1.92. The smallest absolute Gasteiger partial charge is 0.222 e. The number of amides is 1. The molecular weight excluding hydrogens is 270 g/mol. The first-order valence-corrected chi connectivity index (χ1v) is 6.98. The van der Waals surface area contributed by atoms with Crippen molar-refractivity contribution >= 4 is 5.91 Å². The normalized spacial score (nSPS) is 12.6. The Morgan fingerprint density at radius 2 is 2.19 bits per heavy atom. The lowest BCUT2D eigenvalue weighted by Crippen LogP contribution is -2.34. The average Bonchev–Trinajstić information content (AvgIpc) is 3.02. The van der Waals surface area contributed by atoms with Crippen LogP contribution in [0.4, 0.5) is 0 Å². The molecule has 0 fully saturated rings. The molecule has 0 radical (unpaired) electrons. The van der Waals surface area contributed by atoms with E-state index in [2.05, 4.69) is 39.7 Å². The predicted octanol–water partition coefficient (Wildman–Crippen LogP) is 0.619. The average molecular weight is 291 g/mol. The van der Waals surface area contributed by atoms with E-state index in [-0.39, 0.29) is 17.9 Å². The van der Waals surface area contributed by atoms with E-state index in [1.165, 1.54) is 0 Å². The molecule has 114 valence electrons. The number of aromatic nitrogens is 6.